The fourth-order valence-corrected chi connectivity index (χ4v) is 6.62. The third-order valence-corrected chi connectivity index (χ3v) is 8.47. The highest BCUT2D eigenvalue weighted by Gasteiger charge is 2.29. The molecule has 1 aromatic carbocycles. The van der Waals surface area contributed by atoms with E-state index in [2.05, 4.69) is 17.1 Å². The Bertz CT molecular complexity index is 1570. The van der Waals surface area contributed by atoms with E-state index in [0.29, 0.717) is 11.6 Å². The van der Waals surface area contributed by atoms with E-state index < -0.39 is 17.5 Å². The highest BCUT2D eigenvalue weighted by molar-refractivity contribution is 7.15. The fraction of sp³-hybridized carbons (Fsp3) is 0.438. The molecule has 8 heteroatoms. The Hall–Kier alpha value is -3.52. The van der Waals surface area contributed by atoms with Crippen molar-refractivity contribution in [3.8, 4) is 21.8 Å². The van der Waals surface area contributed by atoms with Crippen molar-refractivity contribution in [1.29, 1.82) is 0 Å². The summed E-state index contributed by atoms with van der Waals surface area (Å²) in [5.74, 6) is -0.554. The van der Waals surface area contributed by atoms with E-state index in [1.807, 2.05) is 58.9 Å². The standard InChI is InChI=1S/C32H37N3O4S/c1-19-30(40-20(2)33-19)26-15-12-22-16-23(13-14-25(22)34-26)29-24(21-10-8-7-9-11-21)17-27(31(37)38-6)35(29)18-28(36)39-32(3,4)5/h12-17,21H,7-11,18H2,1-6H3. The third-order valence-electron chi connectivity index (χ3n) is 7.37. The largest absolute Gasteiger partial charge is 0.464 e. The van der Waals surface area contributed by atoms with Crippen LogP contribution in [0.2, 0.25) is 0 Å². The summed E-state index contributed by atoms with van der Waals surface area (Å²) in [5, 5.41) is 2.01. The second-order valence-electron chi connectivity index (χ2n) is 11.6. The zero-order valence-electron chi connectivity index (χ0n) is 24.2. The van der Waals surface area contributed by atoms with Crippen molar-refractivity contribution in [2.75, 3.05) is 7.11 Å². The number of aryl methyl sites for hydroxylation is 2. The molecule has 0 bridgehead atoms. The van der Waals surface area contributed by atoms with Gasteiger partial charge in [0.15, 0.2) is 0 Å². The van der Waals surface area contributed by atoms with Gasteiger partial charge in [-0.25, -0.2) is 14.8 Å². The molecular weight excluding hydrogens is 522 g/mol. The first-order valence-corrected chi connectivity index (χ1v) is 14.7. The molecule has 0 radical (unpaired) electrons. The minimum atomic E-state index is -0.636. The third kappa shape index (κ3) is 5.82. The molecule has 210 valence electrons. The number of methoxy groups -OCH3 is 1. The van der Waals surface area contributed by atoms with Crippen molar-refractivity contribution in [3.63, 3.8) is 0 Å². The number of hydrogen-bond donors (Lipinski definition) is 0. The van der Waals surface area contributed by atoms with Crippen LogP contribution in [0.25, 0.3) is 32.7 Å². The fourth-order valence-electron chi connectivity index (χ4n) is 5.73. The molecule has 5 rings (SSSR count). The molecule has 0 spiro atoms. The van der Waals surface area contributed by atoms with Crippen molar-refractivity contribution in [3.05, 3.63) is 58.4 Å². The molecule has 7 nitrogen and oxygen atoms in total. The highest BCUT2D eigenvalue weighted by atomic mass is 32.1. The first kappa shape index (κ1) is 28.0. The summed E-state index contributed by atoms with van der Waals surface area (Å²) >= 11 is 1.65. The van der Waals surface area contributed by atoms with E-state index in [0.717, 1.165) is 74.7 Å². The topological polar surface area (TPSA) is 83.3 Å². The maximum atomic E-state index is 13.1. The van der Waals surface area contributed by atoms with E-state index in [-0.39, 0.29) is 6.54 Å². The predicted octanol–water partition coefficient (Wildman–Crippen LogP) is 7.62. The minimum Gasteiger partial charge on any atom is -0.464 e. The number of thiazole rings is 1. The van der Waals surface area contributed by atoms with E-state index in [1.165, 1.54) is 13.5 Å². The van der Waals surface area contributed by atoms with Crippen LogP contribution in [0, 0.1) is 13.8 Å². The molecule has 3 aromatic heterocycles. The molecule has 0 unspecified atom stereocenters. The summed E-state index contributed by atoms with van der Waals surface area (Å²) in [6.07, 6.45) is 5.62. The van der Waals surface area contributed by atoms with Gasteiger partial charge in [0.2, 0.25) is 0 Å². The number of ether oxygens (including phenoxy) is 2. The Kier molecular flexibility index (Phi) is 7.82. The number of nitrogens with zero attached hydrogens (tertiary/aromatic N) is 3. The van der Waals surface area contributed by atoms with Gasteiger partial charge in [-0.05, 0) is 88.8 Å². The summed E-state index contributed by atoms with van der Waals surface area (Å²) in [6, 6.07) is 12.2. The van der Waals surface area contributed by atoms with E-state index in [1.54, 1.807) is 15.9 Å². The lowest BCUT2D eigenvalue weighted by Gasteiger charge is -2.24. The first-order chi connectivity index (χ1) is 19.0. The minimum absolute atomic E-state index is 0.0804. The Balaban J connectivity index is 1.64. The van der Waals surface area contributed by atoms with Gasteiger partial charge in [0.25, 0.3) is 0 Å². The van der Waals surface area contributed by atoms with Crippen LogP contribution >= 0.6 is 11.3 Å². The normalized spacial score (nSPS) is 14.4. The monoisotopic (exact) mass is 559 g/mol. The van der Waals surface area contributed by atoms with Gasteiger partial charge in [-0.15, -0.1) is 11.3 Å². The number of carbonyl (C=O) groups excluding carboxylic acids is 2. The number of hydrogen-bond acceptors (Lipinski definition) is 7. The molecule has 0 amide bonds. The molecule has 1 aliphatic rings. The Morgan fingerprint density at radius 2 is 1.77 bits per heavy atom. The van der Waals surface area contributed by atoms with Crippen LogP contribution in [0.4, 0.5) is 0 Å². The lowest BCUT2D eigenvalue weighted by Crippen LogP contribution is -2.27. The van der Waals surface area contributed by atoms with Crippen LogP contribution in [0.1, 0.15) is 85.5 Å². The summed E-state index contributed by atoms with van der Waals surface area (Å²) in [4.78, 5) is 36.6. The van der Waals surface area contributed by atoms with Gasteiger partial charge in [-0.3, -0.25) is 4.79 Å². The molecule has 0 atom stereocenters. The molecule has 0 aliphatic heterocycles. The van der Waals surface area contributed by atoms with E-state index >= 15 is 0 Å². The lowest BCUT2D eigenvalue weighted by molar-refractivity contribution is -0.155. The van der Waals surface area contributed by atoms with E-state index in [9.17, 15) is 9.59 Å². The van der Waals surface area contributed by atoms with Crippen LogP contribution in [-0.4, -0.2) is 39.2 Å². The Morgan fingerprint density at radius 3 is 2.42 bits per heavy atom. The second kappa shape index (κ2) is 11.2. The number of aromatic nitrogens is 3. The van der Waals surface area contributed by atoms with Gasteiger partial charge < -0.3 is 14.0 Å². The number of esters is 2. The predicted molar refractivity (Wildman–Crippen MR) is 159 cm³/mol. The Morgan fingerprint density at radius 1 is 1.02 bits per heavy atom. The number of pyridine rings is 1. The smallest absolute Gasteiger partial charge is 0.354 e. The zero-order chi connectivity index (χ0) is 28.6. The lowest BCUT2D eigenvalue weighted by atomic mass is 9.83. The van der Waals surface area contributed by atoms with Crippen molar-refractivity contribution in [2.45, 2.75) is 84.8 Å². The quantitative estimate of drug-likeness (QED) is 0.226. The molecule has 3 heterocycles. The van der Waals surface area contributed by atoms with Crippen LogP contribution in [-0.2, 0) is 20.8 Å². The molecular formula is C32H37N3O4S. The van der Waals surface area contributed by atoms with Crippen molar-refractivity contribution < 1.29 is 19.1 Å². The Labute approximate surface area is 239 Å². The van der Waals surface area contributed by atoms with Crippen molar-refractivity contribution in [2.24, 2.45) is 0 Å². The molecule has 4 aromatic rings. The summed E-state index contributed by atoms with van der Waals surface area (Å²) in [5.41, 5.74) is 5.40. The van der Waals surface area contributed by atoms with Crippen molar-refractivity contribution >= 4 is 34.2 Å². The first-order valence-electron chi connectivity index (χ1n) is 13.9. The van der Waals surface area contributed by atoms with Crippen LogP contribution in [0.3, 0.4) is 0 Å². The highest BCUT2D eigenvalue weighted by Crippen LogP contribution is 2.41. The van der Waals surface area contributed by atoms with Gasteiger partial charge in [-0.2, -0.15) is 0 Å². The second-order valence-corrected chi connectivity index (χ2v) is 12.8. The van der Waals surface area contributed by atoms with Gasteiger partial charge in [0.05, 0.1) is 39.6 Å². The van der Waals surface area contributed by atoms with Gasteiger partial charge >= 0.3 is 11.9 Å². The van der Waals surface area contributed by atoms with Gasteiger partial charge in [0, 0.05) is 5.39 Å². The molecule has 1 aliphatic carbocycles. The SMILES string of the molecule is COC(=O)c1cc(C2CCCCC2)c(-c2ccc3nc(-c4sc(C)nc4C)ccc3c2)n1CC(=O)OC(C)(C)C. The zero-order valence-corrected chi connectivity index (χ0v) is 25.0. The van der Waals surface area contributed by atoms with Crippen LogP contribution in [0.15, 0.2) is 36.4 Å². The average Bonchev–Trinajstić information content (AvgIpc) is 3.46. The van der Waals surface area contributed by atoms with E-state index in [4.69, 9.17) is 14.5 Å². The number of benzene rings is 1. The van der Waals surface area contributed by atoms with Gasteiger partial charge in [-0.1, -0.05) is 31.4 Å². The maximum absolute atomic E-state index is 13.1. The molecule has 40 heavy (non-hydrogen) atoms. The van der Waals surface area contributed by atoms with Gasteiger partial charge in [0.1, 0.15) is 17.8 Å². The molecule has 1 fully saturated rings. The average molecular weight is 560 g/mol. The van der Waals surface area contributed by atoms with Crippen LogP contribution < -0.4 is 0 Å². The number of fused-ring (bicyclic) bond motifs is 1. The summed E-state index contributed by atoms with van der Waals surface area (Å²) in [6.45, 7) is 9.47. The molecule has 0 N–H and O–H groups in total. The number of carbonyl (C=O) groups is 2. The summed E-state index contributed by atoms with van der Waals surface area (Å²) < 4.78 is 12.6. The summed E-state index contributed by atoms with van der Waals surface area (Å²) in [7, 11) is 1.37. The molecule has 1 saturated carbocycles. The maximum Gasteiger partial charge on any atom is 0.354 e. The van der Waals surface area contributed by atoms with Crippen molar-refractivity contribution in [1.82, 2.24) is 14.5 Å². The molecule has 0 saturated heterocycles. The number of rotatable bonds is 6. The van der Waals surface area contributed by atoms with Crippen LogP contribution in [0.5, 0.6) is 0 Å².